The first-order valence-corrected chi connectivity index (χ1v) is 6.63. The number of amides is 2. The molecular formula is C13H26N2O3. The van der Waals surface area contributed by atoms with Crippen LogP contribution in [0.2, 0.25) is 0 Å². The molecule has 0 heterocycles. The number of carbonyl (C=O) groups excluding carboxylic acids is 1. The Morgan fingerprint density at radius 3 is 1.89 bits per heavy atom. The van der Waals surface area contributed by atoms with Crippen molar-refractivity contribution in [2.75, 3.05) is 0 Å². The molecule has 4 atom stereocenters. The first-order chi connectivity index (χ1) is 8.33. The highest BCUT2D eigenvalue weighted by Gasteiger charge is 2.26. The van der Waals surface area contributed by atoms with E-state index in [-0.39, 0.29) is 12.0 Å². The van der Waals surface area contributed by atoms with Crippen LogP contribution in [-0.4, -0.2) is 29.2 Å². The lowest BCUT2D eigenvalue weighted by molar-refractivity contribution is -0.140. The molecule has 0 aromatic rings. The molecule has 0 fully saturated rings. The summed E-state index contributed by atoms with van der Waals surface area (Å²) in [5.74, 6) is -0.717. The van der Waals surface area contributed by atoms with Gasteiger partial charge in [-0.15, -0.1) is 0 Å². The van der Waals surface area contributed by atoms with E-state index in [1.54, 1.807) is 0 Å². The number of carboxylic acids is 1. The average Bonchev–Trinajstić information content (AvgIpc) is 2.33. The highest BCUT2D eigenvalue weighted by Crippen LogP contribution is 2.09. The second-order valence-corrected chi connectivity index (χ2v) is 4.99. The van der Waals surface area contributed by atoms with Crippen molar-refractivity contribution in [1.29, 1.82) is 0 Å². The van der Waals surface area contributed by atoms with E-state index in [1.807, 2.05) is 27.7 Å². The fourth-order valence-corrected chi connectivity index (χ4v) is 1.57. The predicted octanol–water partition coefficient (Wildman–Crippen LogP) is 2.22. The summed E-state index contributed by atoms with van der Waals surface area (Å²) in [6.45, 7) is 9.75. The molecule has 0 aliphatic heterocycles. The molecule has 0 saturated heterocycles. The third kappa shape index (κ3) is 5.38. The van der Waals surface area contributed by atoms with E-state index in [4.69, 9.17) is 5.11 Å². The number of hydrogen-bond acceptors (Lipinski definition) is 2. The normalized spacial score (nSPS) is 17.4. The van der Waals surface area contributed by atoms with Gasteiger partial charge in [-0.25, -0.2) is 9.59 Å². The van der Waals surface area contributed by atoms with E-state index in [0.717, 1.165) is 6.42 Å². The van der Waals surface area contributed by atoms with Crippen molar-refractivity contribution < 1.29 is 14.7 Å². The van der Waals surface area contributed by atoms with Crippen molar-refractivity contribution in [3.8, 4) is 0 Å². The topological polar surface area (TPSA) is 78.4 Å². The van der Waals surface area contributed by atoms with Gasteiger partial charge < -0.3 is 15.7 Å². The van der Waals surface area contributed by atoms with E-state index in [1.165, 1.54) is 0 Å². The Kier molecular flexibility index (Phi) is 7.39. The van der Waals surface area contributed by atoms with Gasteiger partial charge in [-0.2, -0.15) is 0 Å². The van der Waals surface area contributed by atoms with Gasteiger partial charge in [0.15, 0.2) is 0 Å². The van der Waals surface area contributed by atoms with Crippen molar-refractivity contribution in [3.63, 3.8) is 0 Å². The van der Waals surface area contributed by atoms with Gasteiger partial charge in [0.2, 0.25) is 0 Å². The molecular weight excluding hydrogens is 232 g/mol. The number of rotatable bonds is 7. The van der Waals surface area contributed by atoms with Crippen LogP contribution in [0.1, 0.15) is 47.5 Å². The molecule has 0 bridgehead atoms. The lowest BCUT2D eigenvalue weighted by atomic mass is 9.99. The van der Waals surface area contributed by atoms with Crippen molar-refractivity contribution in [2.45, 2.75) is 59.5 Å². The average molecular weight is 258 g/mol. The Morgan fingerprint density at radius 2 is 1.50 bits per heavy atom. The molecule has 2 amide bonds. The molecule has 0 spiro atoms. The Hall–Kier alpha value is -1.26. The summed E-state index contributed by atoms with van der Waals surface area (Å²) in [4.78, 5) is 22.8. The van der Waals surface area contributed by atoms with E-state index in [2.05, 4.69) is 17.6 Å². The number of carbonyl (C=O) groups is 2. The third-order valence-electron chi connectivity index (χ3n) is 3.62. The zero-order valence-corrected chi connectivity index (χ0v) is 12.0. The minimum absolute atomic E-state index is 0.0291. The number of aliphatic carboxylic acids is 1. The monoisotopic (exact) mass is 258 g/mol. The summed E-state index contributed by atoms with van der Waals surface area (Å²) < 4.78 is 0. The van der Waals surface area contributed by atoms with E-state index in [0.29, 0.717) is 12.3 Å². The SMILES string of the molecule is CCC(C)C(C)NC(=O)N[C@H](C(=O)O)C(C)CC. The Labute approximate surface area is 109 Å². The Bertz CT molecular complexity index is 281. The molecule has 5 nitrogen and oxygen atoms in total. The molecule has 0 radical (unpaired) electrons. The van der Waals surface area contributed by atoms with Crippen LogP contribution in [0.25, 0.3) is 0 Å². The van der Waals surface area contributed by atoms with Gasteiger partial charge in [0, 0.05) is 6.04 Å². The number of carboxylic acid groups (broad SMARTS) is 1. The summed E-state index contributed by atoms with van der Waals surface area (Å²) in [5, 5.41) is 14.4. The van der Waals surface area contributed by atoms with Crippen LogP contribution in [0.15, 0.2) is 0 Å². The van der Waals surface area contributed by atoms with Crippen LogP contribution in [0.4, 0.5) is 4.79 Å². The molecule has 0 aromatic carbocycles. The molecule has 0 aliphatic rings. The zero-order chi connectivity index (χ0) is 14.3. The van der Waals surface area contributed by atoms with Crippen molar-refractivity contribution >= 4 is 12.0 Å². The molecule has 3 unspecified atom stereocenters. The fraction of sp³-hybridized carbons (Fsp3) is 0.846. The van der Waals surface area contributed by atoms with Gasteiger partial charge in [0.05, 0.1) is 0 Å². The van der Waals surface area contributed by atoms with Crippen LogP contribution in [0.5, 0.6) is 0 Å². The molecule has 18 heavy (non-hydrogen) atoms. The Balaban J connectivity index is 4.39. The quantitative estimate of drug-likeness (QED) is 0.655. The van der Waals surface area contributed by atoms with Gasteiger partial charge in [0.25, 0.3) is 0 Å². The Morgan fingerprint density at radius 1 is 1.00 bits per heavy atom. The van der Waals surface area contributed by atoms with Crippen LogP contribution < -0.4 is 10.6 Å². The van der Waals surface area contributed by atoms with Crippen LogP contribution in [0.3, 0.4) is 0 Å². The van der Waals surface area contributed by atoms with Crippen molar-refractivity contribution in [1.82, 2.24) is 10.6 Å². The first kappa shape index (κ1) is 16.7. The first-order valence-electron chi connectivity index (χ1n) is 6.63. The maximum atomic E-state index is 11.7. The lowest BCUT2D eigenvalue weighted by Gasteiger charge is -2.24. The minimum Gasteiger partial charge on any atom is -0.480 e. The second kappa shape index (κ2) is 7.95. The molecule has 106 valence electrons. The molecule has 0 aromatic heterocycles. The second-order valence-electron chi connectivity index (χ2n) is 4.99. The van der Waals surface area contributed by atoms with Gasteiger partial charge >= 0.3 is 12.0 Å². The highest BCUT2D eigenvalue weighted by atomic mass is 16.4. The number of hydrogen-bond donors (Lipinski definition) is 3. The lowest BCUT2D eigenvalue weighted by Crippen LogP contribution is -2.51. The molecule has 5 heteroatoms. The van der Waals surface area contributed by atoms with E-state index < -0.39 is 18.0 Å². The zero-order valence-electron chi connectivity index (χ0n) is 12.0. The summed E-state index contributed by atoms with van der Waals surface area (Å²) in [7, 11) is 0. The van der Waals surface area contributed by atoms with Crippen LogP contribution in [0, 0.1) is 11.8 Å². The number of nitrogens with one attached hydrogen (secondary N) is 2. The van der Waals surface area contributed by atoms with Gasteiger partial charge in [-0.1, -0.05) is 40.5 Å². The van der Waals surface area contributed by atoms with Crippen LogP contribution in [-0.2, 0) is 4.79 Å². The summed E-state index contributed by atoms with van der Waals surface area (Å²) in [6.07, 6.45) is 1.67. The van der Waals surface area contributed by atoms with Gasteiger partial charge in [-0.05, 0) is 18.8 Å². The maximum Gasteiger partial charge on any atom is 0.326 e. The van der Waals surface area contributed by atoms with E-state index >= 15 is 0 Å². The van der Waals surface area contributed by atoms with E-state index in [9.17, 15) is 9.59 Å². The number of urea groups is 1. The van der Waals surface area contributed by atoms with Gasteiger partial charge in [0.1, 0.15) is 6.04 Å². The smallest absolute Gasteiger partial charge is 0.326 e. The van der Waals surface area contributed by atoms with Gasteiger partial charge in [-0.3, -0.25) is 0 Å². The molecule has 0 aliphatic carbocycles. The highest BCUT2D eigenvalue weighted by molar-refractivity contribution is 5.82. The predicted molar refractivity (Wildman–Crippen MR) is 71.5 cm³/mol. The summed E-state index contributed by atoms with van der Waals surface area (Å²) in [5.41, 5.74) is 0. The minimum atomic E-state index is -0.990. The van der Waals surface area contributed by atoms with Crippen molar-refractivity contribution in [2.24, 2.45) is 11.8 Å². The molecule has 0 rings (SSSR count). The largest absolute Gasteiger partial charge is 0.480 e. The summed E-state index contributed by atoms with van der Waals surface area (Å²) in [6, 6.07) is -1.21. The van der Waals surface area contributed by atoms with Crippen molar-refractivity contribution in [3.05, 3.63) is 0 Å². The summed E-state index contributed by atoms with van der Waals surface area (Å²) >= 11 is 0. The molecule has 0 saturated carbocycles. The molecule has 3 N–H and O–H groups in total. The standard InChI is InChI=1S/C13H26N2O3/c1-6-8(3)10(5)14-13(18)15-11(12(16)17)9(4)7-2/h8-11H,6-7H2,1-5H3,(H,16,17)(H2,14,15,18)/t8?,9?,10?,11-/m0/s1. The third-order valence-corrected chi connectivity index (χ3v) is 3.62. The fourth-order valence-electron chi connectivity index (χ4n) is 1.57. The maximum absolute atomic E-state index is 11.7. The van der Waals surface area contributed by atoms with Crippen LogP contribution >= 0.6 is 0 Å².